The Kier molecular flexibility index (Phi) is 7.06. The average molecular weight is 484 g/mol. The second-order valence-corrected chi connectivity index (χ2v) is 7.41. The molecular weight excluding hydrogens is 463 g/mol. The molecule has 33 heavy (non-hydrogen) atoms. The van der Waals surface area contributed by atoms with Crippen molar-refractivity contribution >= 4 is 23.3 Å². The zero-order valence-electron chi connectivity index (χ0n) is 18.2. The molecule has 0 saturated carbocycles. The number of anilines is 1. The van der Waals surface area contributed by atoms with Gasteiger partial charge in [0.1, 0.15) is 5.82 Å². The van der Waals surface area contributed by atoms with Crippen LogP contribution in [0.2, 0.25) is 5.02 Å². The minimum atomic E-state index is -4.56. The number of nitrogens with zero attached hydrogens (tertiary/aromatic N) is 2. The van der Waals surface area contributed by atoms with Crippen molar-refractivity contribution in [2.75, 3.05) is 26.6 Å². The molecule has 0 aliphatic carbocycles. The molecule has 1 amide bonds. The number of rotatable bonds is 7. The maximum absolute atomic E-state index is 13.2. The van der Waals surface area contributed by atoms with Crippen LogP contribution in [0.3, 0.4) is 0 Å². The van der Waals surface area contributed by atoms with Crippen LogP contribution in [0.5, 0.6) is 17.2 Å². The van der Waals surface area contributed by atoms with Gasteiger partial charge in [-0.15, -0.1) is 0 Å². The van der Waals surface area contributed by atoms with Gasteiger partial charge in [-0.05, 0) is 42.8 Å². The summed E-state index contributed by atoms with van der Waals surface area (Å²) in [6, 6.07) is 7.69. The first-order chi connectivity index (χ1) is 15.6. The number of nitrogens with one attached hydrogen (secondary N) is 1. The van der Waals surface area contributed by atoms with E-state index in [0.717, 1.165) is 18.2 Å². The van der Waals surface area contributed by atoms with Crippen LogP contribution in [-0.4, -0.2) is 37.0 Å². The van der Waals surface area contributed by atoms with Gasteiger partial charge in [-0.1, -0.05) is 11.6 Å². The Morgan fingerprint density at radius 1 is 1.06 bits per heavy atom. The number of benzene rings is 2. The molecule has 0 atom stereocenters. The molecule has 11 heteroatoms. The molecular formula is C22H21ClF3N3O4. The van der Waals surface area contributed by atoms with Crippen molar-refractivity contribution in [2.24, 2.45) is 0 Å². The number of aromatic nitrogens is 2. The van der Waals surface area contributed by atoms with Gasteiger partial charge in [0.05, 0.1) is 49.7 Å². The fourth-order valence-electron chi connectivity index (χ4n) is 3.23. The minimum Gasteiger partial charge on any atom is -0.493 e. The Morgan fingerprint density at radius 2 is 1.70 bits per heavy atom. The van der Waals surface area contributed by atoms with Crippen LogP contribution in [-0.2, 0) is 17.4 Å². The lowest BCUT2D eigenvalue weighted by Crippen LogP contribution is -2.17. The highest BCUT2D eigenvalue weighted by atomic mass is 35.5. The molecule has 1 heterocycles. The zero-order valence-corrected chi connectivity index (χ0v) is 19.0. The summed E-state index contributed by atoms with van der Waals surface area (Å²) in [4.78, 5) is 12.8. The first kappa shape index (κ1) is 24.2. The number of hydrogen-bond donors (Lipinski definition) is 1. The number of carbonyl (C=O) groups is 1. The van der Waals surface area contributed by atoms with Crippen LogP contribution in [0.1, 0.15) is 16.8 Å². The maximum Gasteiger partial charge on any atom is 0.416 e. The Bertz CT molecular complexity index is 1150. The summed E-state index contributed by atoms with van der Waals surface area (Å²) in [7, 11) is 4.39. The van der Waals surface area contributed by atoms with Crippen molar-refractivity contribution in [3.63, 3.8) is 0 Å². The lowest BCUT2D eigenvalue weighted by Gasteiger charge is -2.15. The maximum atomic E-state index is 13.2. The average Bonchev–Trinajstić information content (AvgIpc) is 3.11. The summed E-state index contributed by atoms with van der Waals surface area (Å²) in [5.41, 5.74) is 0.154. The molecule has 0 bridgehead atoms. The van der Waals surface area contributed by atoms with E-state index in [2.05, 4.69) is 10.4 Å². The third-order valence-electron chi connectivity index (χ3n) is 4.69. The molecule has 176 valence electrons. The Labute approximate surface area is 193 Å². The predicted octanol–water partition coefficient (Wildman–Crippen LogP) is 5.06. The summed E-state index contributed by atoms with van der Waals surface area (Å²) in [5, 5.41) is 6.92. The van der Waals surface area contributed by atoms with E-state index in [0.29, 0.717) is 28.5 Å². The van der Waals surface area contributed by atoms with Gasteiger partial charge < -0.3 is 19.5 Å². The van der Waals surface area contributed by atoms with Gasteiger partial charge in [0, 0.05) is 6.07 Å². The highest BCUT2D eigenvalue weighted by Gasteiger charge is 2.31. The van der Waals surface area contributed by atoms with Crippen LogP contribution in [0.4, 0.5) is 19.0 Å². The lowest BCUT2D eigenvalue weighted by molar-refractivity contribution is -0.137. The fourth-order valence-corrected chi connectivity index (χ4v) is 3.43. The highest BCUT2D eigenvalue weighted by molar-refractivity contribution is 6.32. The fraction of sp³-hybridized carbons (Fsp3) is 0.273. The van der Waals surface area contributed by atoms with Crippen LogP contribution in [0, 0.1) is 6.92 Å². The quantitative estimate of drug-likeness (QED) is 0.508. The monoisotopic (exact) mass is 483 g/mol. The minimum absolute atomic E-state index is 0.0114. The molecule has 0 unspecified atom stereocenters. The second kappa shape index (κ2) is 9.62. The van der Waals surface area contributed by atoms with Crippen molar-refractivity contribution < 1.29 is 32.2 Å². The van der Waals surface area contributed by atoms with E-state index in [4.69, 9.17) is 25.8 Å². The lowest BCUT2D eigenvalue weighted by atomic mass is 10.1. The first-order valence-electron chi connectivity index (χ1n) is 9.60. The van der Waals surface area contributed by atoms with E-state index >= 15 is 0 Å². The normalized spacial score (nSPS) is 11.3. The number of methoxy groups -OCH3 is 3. The van der Waals surface area contributed by atoms with Crippen LogP contribution in [0.15, 0.2) is 36.4 Å². The SMILES string of the molecule is COc1cc(CC(=O)Nc2cc(C)nn2-c2cc(C(F)(F)F)ccc2Cl)cc(OC)c1OC. The van der Waals surface area contributed by atoms with Crippen LogP contribution < -0.4 is 19.5 Å². The summed E-state index contributed by atoms with van der Waals surface area (Å²) in [6.45, 7) is 1.65. The number of alkyl halides is 3. The van der Waals surface area contributed by atoms with Gasteiger partial charge in [0.15, 0.2) is 11.5 Å². The molecule has 0 aliphatic rings. The molecule has 0 aliphatic heterocycles. The van der Waals surface area contributed by atoms with Crippen LogP contribution >= 0.6 is 11.6 Å². The Hall–Kier alpha value is -3.40. The zero-order chi connectivity index (χ0) is 24.3. The molecule has 0 spiro atoms. The summed E-state index contributed by atoms with van der Waals surface area (Å²) in [5.74, 6) is 0.893. The number of aryl methyl sites for hydroxylation is 1. The number of halogens is 4. The number of ether oxygens (including phenoxy) is 3. The first-order valence-corrected chi connectivity index (χ1v) is 9.97. The second-order valence-electron chi connectivity index (χ2n) is 7.01. The molecule has 0 fully saturated rings. The van der Waals surface area contributed by atoms with Gasteiger partial charge in [0.2, 0.25) is 11.7 Å². The van der Waals surface area contributed by atoms with Crippen LogP contribution in [0.25, 0.3) is 5.69 Å². The third kappa shape index (κ3) is 5.33. The van der Waals surface area contributed by atoms with Crippen molar-refractivity contribution in [3.05, 3.63) is 58.2 Å². The highest BCUT2D eigenvalue weighted by Crippen LogP contribution is 2.38. The number of hydrogen-bond acceptors (Lipinski definition) is 5. The molecule has 3 rings (SSSR count). The molecule has 0 radical (unpaired) electrons. The summed E-state index contributed by atoms with van der Waals surface area (Å²) in [6.07, 6.45) is -4.63. The van der Waals surface area contributed by atoms with Crippen molar-refractivity contribution in [2.45, 2.75) is 19.5 Å². The van der Waals surface area contributed by atoms with Gasteiger partial charge in [-0.3, -0.25) is 4.79 Å². The largest absolute Gasteiger partial charge is 0.493 e. The standard InChI is InChI=1S/C22H21ClF3N3O4/c1-12-7-19(29(28-12)16-11-14(22(24,25)26)5-6-15(16)23)27-20(30)10-13-8-17(31-2)21(33-4)18(9-13)32-3/h5-9,11H,10H2,1-4H3,(H,27,30). The molecule has 1 aromatic heterocycles. The van der Waals surface area contributed by atoms with E-state index in [1.165, 1.54) is 32.1 Å². The van der Waals surface area contributed by atoms with Gasteiger partial charge in [-0.25, -0.2) is 4.68 Å². The molecule has 7 nitrogen and oxygen atoms in total. The van der Waals surface area contributed by atoms with E-state index in [-0.39, 0.29) is 22.9 Å². The van der Waals surface area contributed by atoms with Gasteiger partial charge in [0.25, 0.3) is 0 Å². The van der Waals surface area contributed by atoms with E-state index < -0.39 is 17.6 Å². The molecule has 3 aromatic rings. The van der Waals surface area contributed by atoms with E-state index in [1.54, 1.807) is 19.1 Å². The Morgan fingerprint density at radius 3 is 2.24 bits per heavy atom. The van der Waals surface area contributed by atoms with Crippen molar-refractivity contribution in [1.29, 1.82) is 0 Å². The molecule has 1 N–H and O–H groups in total. The van der Waals surface area contributed by atoms with Crippen molar-refractivity contribution in [3.8, 4) is 22.9 Å². The van der Waals surface area contributed by atoms with E-state index in [9.17, 15) is 18.0 Å². The van der Waals surface area contributed by atoms with Gasteiger partial charge in [-0.2, -0.15) is 18.3 Å². The summed E-state index contributed by atoms with van der Waals surface area (Å²) >= 11 is 6.14. The van der Waals surface area contributed by atoms with E-state index in [1.807, 2.05) is 0 Å². The third-order valence-corrected chi connectivity index (χ3v) is 5.01. The number of amides is 1. The predicted molar refractivity (Wildman–Crippen MR) is 117 cm³/mol. The topological polar surface area (TPSA) is 74.6 Å². The summed E-state index contributed by atoms with van der Waals surface area (Å²) < 4.78 is 56.6. The van der Waals surface area contributed by atoms with Crippen molar-refractivity contribution in [1.82, 2.24) is 9.78 Å². The smallest absolute Gasteiger partial charge is 0.416 e. The Balaban J connectivity index is 1.90. The molecule has 2 aromatic carbocycles. The molecule has 0 saturated heterocycles. The van der Waals surface area contributed by atoms with Gasteiger partial charge >= 0.3 is 6.18 Å². The number of carbonyl (C=O) groups excluding carboxylic acids is 1.